The van der Waals surface area contributed by atoms with E-state index in [1.54, 1.807) is 13.0 Å². The lowest BCUT2D eigenvalue weighted by atomic mass is 9.96. The van der Waals surface area contributed by atoms with Crippen LogP contribution >= 0.6 is 0 Å². The molecule has 0 aromatic carbocycles. The first-order chi connectivity index (χ1) is 9.61. The van der Waals surface area contributed by atoms with Gasteiger partial charge in [-0.15, -0.1) is 0 Å². The van der Waals surface area contributed by atoms with Gasteiger partial charge in [0.15, 0.2) is 0 Å². The fourth-order valence-electron chi connectivity index (χ4n) is 2.43. The topological polar surface area (TPSA) is 85.8 Å². The monoisotopic (exact) mass is 280 g/mol. The number of nitrogens with zero attached hydrogens (tertiary/aromatic N) is 1. The van der Waals surface area contributed by atoms with Crippen LogP contribution in [0.15, 0.2) is 16.7 Å². The molecule has 0 bridgehead atoms. The molecule has 0 atom stereocenters. The summed E-state index contributed by atoms with van der Waals surface area (Å²) in [4.78, 5) is 25.0. The second-order valence-corrected chi connectivity index (χ2v) is 4.93. The first kappa shape index (κ1) is 14.6. The number of carbonyl (C=O) groups excluding carboxylic acids is 2. The van der Waals surface area contributed by atoms with Crippen LogP contribution in [0.4, 0.5) is 0 Å². The first-order valence-corrected chi connectivity index (χ1v) is 6.87. The molecule has 2 heterocycles. The summed E-state index contributed by atoms with van der Waals surface area (Å²) in [5.41, 5.74) is 5.78. The molecular formula is C14H20N2O4. The van der Waals surface area contributed by atoms with E-state index in [0.717, 1.165) is 25.9 Å². The Morgan fingerprint density at radius 1 is 1.45 bits per heavy atom. The van der Waals surface area contributed by atoms with Crippen molar-refractivity contribution in [1.29, 1.82) is 0 Å². The number of carbonyl (C=O) groups is 2. The maximum atomic E-state index is 11.7. The van der Waals surface area contributed by atoms with Gasteiger partial charge in [-0.25, -0.2) is 4.79 Å². The average Bonchev–Trinajstić information content (AvgIpc) is 2.88. The summed E-state index contributed by atoms with van der Waals surface area (Å²) < 4.78 is 10.4. The summed E-state index contributed by atoms with van der Waals surface area (Å²) in [7, 11) is 0. The molecule has 6 heteroatoms. The minimum absolute atomic E-state index is 0.0348. The molecule has 0 saturated carbocycles. The van der Waals surface area contributed by atoms with E-state index >= 15 is 0 Å². The Bertz CT molecular complexity index is 475. The third-order valence-electron chi connectivity index (χ3n) is 3.60. The summed E-state index contributed by atoms with van der Waals surface area (Å²) in [6, 6.07) is 1.63. The number of furan rings is 1. The number of esters is 1. The number of rotatable bonds is 5. The summed E-state index contributed by atoms with van der Waals surface area (Å²) in [6.45, 7) is 4.21. The molecular weight excluding hydrogens is 260 g/mol. The summed E-state index contributed by atoms with van der Waals surface area (Å²) in [5.74, 6) is -0.00788. The van der Waals surface area contributed by atoms with Crippen LogP contribution in [-0.4, -0.2) is 36.5 Å². The molecule has 1 saturated heterocycles. The molecule has 0 radical (unpaired) electrons. The van der Waals surface area contributed by atoms with Crippen LogP contribution in [0.25, 0.3) is 0 Å². The molecule has 1 amide bonds. The van der Waals surface area contributed by atoms with Crippen molar-refractivity contribution in [1.82, 2.24) is 4.90 Å². The zero-order chi connectivity index (χ0) is 14.5. The van der Waals surface area contributed by atoms with Gasteiger partial charge in [0, 0.05) is 5.92 Å². The third-order valence-corrected chi connectivity index (χ3v) is 3.60. The molecule has 0 spiro atoms. The van der Waals surface area contributed by atoms with Gasteiger partial charge in [0.2, 0.25) is 5.91 Å². The van der Waals surface area contributed by atoms with Crippen molar-refractivity contribution in [2.24, 2.45) is 11.7 Å². The Hall–Kier alpha value is -1.82. The molecule has 20 heavy (non-hydrogen) atoms. The van der Waals surface area contributed by atoms with Gasteiger partial charge in [0.1, 0.15) is 11.3 Å². The summed E-state index contributed by atoms with van der Waals surface area (Å²) in [5, 5.41) is 0. The van der Waals surface area contributed by atoms with Crippen LogP contribution in [0, 0.1) is 5.92 Å². The average molecular weight is 280 g/mol. The molecule has 0 aliphatic carbocycles. The van der Waals surface area contributed by atoms with Crippen molar-refractivity contribution < 1.29 is 18.7 Å². The van der Waals surface area contributed by atoms with E-state index in [4.69, 9.17) is 14.9 Å². The largest absolute Gasteiger partial charge is 0.467 e. The van der Waals surface area contributed by atoms with Crippen molar-refractivity contribution in [2.45, 2.75) is 26.3 Å². The molecule has 110 valence electrons. The first-order valence-electron chi connectivity index (χ1n) is 6.87. The van der Waals surface area contributed by atoms with Gasteiger partial charge in [0.25, 0.3) is 0 Å². The molecule has 2 rings (SSSR count). The van der Waals surface area contributed by atoms with Crippen LogP contribution in [0.2, 0.25) is 0 Å². The number of amides is 1. The maximum Gasteiger partial charge on any atom is 0.341 e. The normalized spacial score (nSPS) is 17.1. The molecule has 1 aromatic heterocycles. The highest BCUT2D eigenvalue weighted by atomic mass is 16.5. The van der Waals surface area contributed by atoms with Crippen molar-refractivity contribution in [3.05, 3.63) is 23.7 Å². The number of hydrogen-bond acceptors (Lipinski definition) is 5. The Morgan fingerprint density at radius 3 is 2.75 bits per heavy atom. The molecule has 1 aliphatic heterocycles. The Kier molecular flexibility index (Phi) is 4.79. The van der Waals surface area contributed by atoms with Crippen molar-refractivity contribution >= 4 is 11.9 Å². The van der Waals surface area contributed by atoms with Crippen LogP contribution in [0.1, 0.15) is 35.9 Å². The van der Waals surface area contributed by atoms with Crippen LogP contribution in [-0.2, 0) is 16.1 Å². The predicted molar refractivity (Wildman–Crippen MR) is 71.9 cm³/mol. The van der Waals surface area contributed by atoms with Gasteiger partial charge >= 0.3 is 5.97 Å². The lowest BCUT2D eigenvalue weighted by Crippen LogP contribution is -2.38. The van der Waals surface area contributed by atoms with Crippen LogP contribution in [0.3, 0.4) is 0 Å². The zero-order valence-electron chi connectivity index (χ0n) is 11.6. The van der Waals surface area contributed by atoms with Crippen molar-refractivity contribution in [2.75, 3.05) is 19.7 Å². The zero-order valence-corrected chi connectivity index (χ0v) is 11.6. The van der Waals surface area contributed by atoms with E-state index in [-0.39, 0.29) is 17.8 Å². The SMILES string of the molecule is CCOC(=O)c1ccoc1CN1CCC(C(N)=O)CC1. The Balaban J connectivity index is 1.93. The lowest BCUT2D eigenvalue weighted by molar-refractivity contribution is -0.123. The molecule has 1 aliphatic rings. The minimum atomic E-state index is -0.358. The molecule has 2 N–H and O–H groups in total. The maximum absolute atomic E-state index is 11.7. The fourth-order valence-corrected chi connectivity index (χ4v) is 2.43. The second-order valence-electron chi connectivity index (χ2n) is 4.93. The number of nitrogens with two attached hydrogens (primary N) is 1. The van der Waals surface area contributed by atoms with E-state index in [1.165, 1.54) is 6.26 Å². The van der Waals surface area contributed by atoms with Gasteiger partial charge in [-0.1, -0.05) is 0 Å². The van der Waals surface area contributed by atoms with Gasteiger partial charge in [0.05, 0.1) is 19.4 Å². The van der Waals surface area contributed by atoms with Gasteiger partial charge in [-0.2, -0.15) is 0 Å². The van der Waals surface area contributed by atoms with Crippen molar-refractivity contribution in [3.8, 4) is 0 Å². The molecule has 1 aromatic rings. The Labute approximate surface area is 117 Å². The van der Waals surface area contributed by atoms with Crippen LogP contribution < -0.4 is 5.73 Å². The van der Waals surface area contributed by atoms with E-state index in [9.17, 15) is 9.59 Å². The quantitative estimate of drug-likeness (QED) is 0.818. The summed E-state index contributed by atoms with van der Waals surface area (Å²) >= 11 is 0. The number of primary amides is 1. The van der Waals surface area contributed by atoms with E-state index < -0.39 is 0 Å². The smallest absolute Gasteiger partial charge is 0.341 e. The third kappa shape index (κ3) is 3.39. The fraction of sp³-hybridized carbons (Fsp3) is 0.571. The number of ether oxygens (including phenoxy) is 1. The highest BCUT2D eigenvalue weighted by Gasteiger charge is 2.25. The standard InChI is InChI=1S/C14H20N2O4/c1-2-19-14(18)11-5-8-20-12(11)9-16-6-3-10(4-7-16)13(15)17/h5,8,10H,2-4,6-7,9H2,1H3,(H2,15,17). The number of hydrogen-bond donors (Lipinski definition) is 1. The molecule has 6 nitrogen and oxygen atoms in total. The highest BCUT2D eigenvalue weighted by molar-refractivity contribution is 5.90. The number of likely N-dealkylation sites (tertiary alicyclic amines) is 1. The highest BCUT2D eigenvalue weighted by Crippen LogP contribution is 2.21. The molecule has 1 fully saturated rings. The van der Waals surface area contributed by atoms with Crippen LogP contribution in [0.5, 0.6) is 0 Å². The van der Waals surface area contributed by atoms with Gasteiger partial charge < -0.3 is 14.9 Å². The second kappa shape index (κ2) is 6.56. The van der Waals surface area contributed by atoms with E-state index in [1.807, 2.05) is 0 Å². The minimum Gasteiger partial charge on any atom is -0.467 e. The van der Waals surface area contributed by atoms with Crippen molar-refractivity contribution in [3.63, 3.8) is 0 Å². The van der Waals surface area contributed by atoms with E-state index in [0.29, 0.717) is 24.5 Å². The lowest BCUT2D eigenvalue weighted by Gasteiger charge is -2.29. The summed E-state index contributed by atoms with van der Waals surface area (Å²) in [6.07, 6.45) is 3.01. The predicted octanol–water partition coefficient (Wildman–Crippen LogP) is 1.15. The van der Waals surface area contributed by atoms with Gasteiger partial charge in [-0.05, 0) is 38.9 Å². The van der Waals surface area contributed by atoms with E-state index in [2.05, 4.69) is 4.90 Å². The Morgan fingerprint density at radius 2 is 2.15 bits per heavy atom. The van der Waals surface area contributed by atoms with Gasteiger partial charge in [-0.3, -0.25) is 9.69 Å². The number of piperidine rings is 1. The molecule has 0 unspecified atom stereocenters.